The molecule has 0 atom stereocenters. The van der Waals surface area contributed by atoms with Gasteiger partial charge in [-0.3, -0.25) is 14.5 Å². The van der Waals surface area contributed by atoms with E-state index in [0.29, 0.717) is 17.8 Å². The number of anilines is 1. The van der Waals surface area contributed by atoms with Crippen molar-refractivity contribution in [3.05, 3.63) is 70.9 Å². The summed E-state index contributed by atoms with van der Waals surface area (Å²) in [6.45, 7) is 6.40. The zero-order valence-corrected chi connectivity index (χ0v) is 15.7. The molecule has 4 heteroatoms. The maximum Gasteiger partial charge on any atom is 0.278 e. The third-order valence-corrected chi connectivity index (χ3v) is 4.72. The average Bonchev–Trinajstić information content (AvgIpc) is 2.87. The normalized spacial score (nSPS) is 14.4. The molecule has 1 heterocycles. The molecule has 26 heavy (non-hydrogen) atoms. The fourth-order valence-electron chi connectivity index (χ4n) is 3.42. The van der Waals surface area contributed by atoms with Crippen LogP contribution in [-0.2, 0) is 9.59 Å². The van der Waals surface area contributed by atoms with Gasteiger partial charge in [0.2, 0.25) is 0 Å². The molecule has 0 bridgehead atoms. The molecule has 1 aliphatic rings. The van der Waals surface area contributed by atoms with Crippen LogP contribution >= 0.6 is 0 Å². The van der Waals surface area contributed by atoms with Gasteiger partial charge in [-0.15, -0.1) is 0 Å². The van der Waals surface area contributed by atoms with Gasteiger partial charge in [-0.25, -0.2) is 0 Å². The zero-order chi connectivity index (χ0) is 18.8. The van der Waals surface area contributed by atoms with Crippen LogP contribution < -0.4 is 4.90 Å². The summed E-state index contributed by atoms with van der Waals surface area (Å²) in [7, 11) is 1.84. The number of rotatable bonds is 5. The minimum Gasteiger partial charge on any atom is -0.339 e. The fourth-order valence-corrected chi connectivity index (χ4v) is 3.42. The van der Waals surface area contributed by atoms with Crippen molar-refractivity contribution < 1.29 is 9.59 Å². The van der Waals surface area contributed by atoms with Crippen molar-refractivity contribution in [2.75, 3.05) is 18.5 Å². The summed E-state index contributed by atoms with van der Waals surface area (Å²) < 4.78 is 0. The van der Waals surface area contributed by atoms with Crippen molar-refractivity contribution in [3.63, 3.8) is 0 Å². The molecule has 4 nitrogen and oxygen atoms in total. The number of carbonyl (C=O) groups excluding carboxylic acids is 2. The number of hydrogen-bond acceptors (Lipinski definition) is 3. The predicted molar refractivity (Wildman–Crippen MR) is 105 cm³/mol. The first-order chi connectivity index (χ1) is 12.5. The SMILES string of the molecule is CCCN1C(=O)C(c2ccc(C)cc2C)=C(N(C)c2ccccc2)C1=O. The Balaban J connectivity index is 2.19. The van der Waals surface area contributed by atoms with E-state index in [1.54, 1.807) is 0 Å². The van der Waals surface area contributed by atoms with E-state index >= 15 is 0 Å². The number of para-hydroxylation sites is 1. The van der Waals surface area contributed by atoms with Crippen molar-refractivity contribution in [3.8, 4) is 0 Å². The van der Waals surface area contributed by atoms with Gasteiger partial charge in [-0.05, 0) is 43.5 Å². The highest BCUT2D eigenvalue weighted by Crippen LogP contribution is 2.35. The third-order valence-electron chi connectivity index (χ3n) is 4.72. The van der Waals surface area contributed by atoms with Crippen molar-refractivity contribution >= 4 is 23.1 Å². The molecule has 2 aromatic carbocycles. The summed E-state index contributed by atoms with van der Waals surface area (Å²) in [5, 5.41) is 0. The van der Waals surface area contributed by atoms with Crippen molar-refractivity contribution in [1.82, 2.24) is 4.90 Å². The molecule has 1 aliphatic heterocycles. The van der Waals surface area contributed by atoms with Gasteiger partial charge >= 0.3 is 0 Å². The van der Waals surface area contributed by atoms with E-state index in [2.05, 4.69) is 0 Å². The van der Waals surface area contributed by atoms with Crippen LogP contribution in [0.25, 0.3) is 5.57 Å². The topological polar surface area (TPSA) is 40.6 Å². The molecule has 0 saturated heterocycles. The van der Waals surface area contributed by atoms with E-state index < -0.39 is 0 Å². The predicted octanol–water partition coefficient (Wildman–Crippen LogP) is 3.93. The van der Waals surface area contributed by atoms with E-state index in [1.807, 2.05) is 81.2 Å². The number of likely N-dealkylation sites (N-methyl/N-ethyl adjacent to an activating group) is 1. The second-order valence-corrected chi connectivity index (χ2v) is 6.70. The van der Waals surface area contributed by atoms with E-state index in [1.165, 1.54) is 4.90 Å². The highest BCUT2D eigenvalue weighted by atomic mass is 16.2. The largest absolute Gasteiger partial charge is 0.339 e. The summed E-state index contributed by atoms with van der Waals surface area (Å²) in [6, 6.07) is 15.6. The maximum absolute atomic E-state index is 13.1. The number of amides is 2. The van der Waals surface area contributed by atoms with Gasteiger partial charge in [0, 0.05) is 19.3 Å². The Morgan fingerprint density at radius 2 is 1.65 bits per heavy atom. The Labute approximate surface area is 154 Å². The minimum absolute atomic E-state index is 0.207. The first-order valence-electron chi connectivity index (χ1n) is 8.92. The lowest BCUT2D eigenvalue weighted by molar-refractivity contribution is -0.136. The highest BCUT2D eigenvalue weighted by Gasteiger charge is 2.41. The Kier molecular flexibility index (Phi) is 4.94. The summed E-state index contributed by atoms with van der Waals surface area (Å²) in [5.74, 6) is -0.431. The smallest absolute Gasteiger partial charge is 0.278 e. The standard InChI is InChI=1S/C22H24N2O2/c1-5-13-24-21(25)19(18-12-11-15(2)14-16(18)3)20(22(24)26)23(4)17-9-7-6-8-10-17/h6-12,14H,5,13H2,1-4H3. The molecule has 0 fully saturated rings. The summed E-state index contributed by atoms with van der Waals surface area (Å²) >= 11 is 0. The molecule has 134 valence electrons. The lowest BCUT2D eigenvalue weighted by Crippen LogP contribution is -2.34. The lowest BCUT2D eigenvalue weighted by atomic mass is 9.97. The van der Waals surface area contributed by atoms with Gasteiger partial charge in [0.15, 0.2) is 0 Å². The maximum atomic E-state index is 13.1. The van der Waals surface area contributed by atoms with Gasteiger partial charge < -0.3 is 4.90 Å². The first kappa shape index (κ1) is 17.9. The van der Waals surface area contributed by atoms with Gasteiger partial charge in [0.1, 0.15) is 5.70 Å². The average molecular weight is 348 g/mol. The van der Waals surface area contributed by atoms with Crippen LogP contribution in [0, 0.1) is 13.8 Å². The Morgan fingerprint density at radius 3 is 2.27 bits per heavy atom. The van der Waals surface area contributed by atoms with Gasteiger partial charge in [0.05, 0.1) is 5.57 Å². The second-order valence-electron chi connectivity index (χ2n) is 6.70. The Hall–Kier alpha value is -2.88. The monoisotopic (exact) mass is 348 g/mol. The molecule has 0 spiro atoms. The molecule has 0 radical (unpaired) electrons. The van der Waals surface area contributed by atoms with Crippen LogP contribution in [-0.4, -0.2) is 30.3 Å². The van der Waals surface area contributed by atoms with Crippen LogP contribution in [0.3, 0.4) is 0 Å². The molecule has 0 saturated carbocycles. The Morgan fingerprint density at radius 1 is 0.962 bits per heavy atom. The number of imide groups is 1. The number of aryl methyl sites for hydroxylation is 2. The molecule has 0 N–H and O–H groups in total. The van der Waals surface area contributed by atoms with E-state index in [0.717, 1.165) is 28.8 Å². The van der Waals surface area contributed by atoms with Crippen molar-refractivity contribution in [2.24, 2.45) is 0 Å². The van der Waals surface area contributed by atoms with Crippen LogP contribution in [0.4, 0.5) is 5.69 Å². The quantitative estimate of drug-likeness (QED) is 0.769. The second kappa shape index (κ2) is 7.16. The van der Waals surface area contributed by atoms with Crippen LogP contribution in [0.2, 0.25) is 0 Å². The minimum atomic E-state index is -0.224. The number of benzene rings is 2. The lowest BCUT2D eigenvalue weighted by Gasteiger charge is -2.21. The Bertz CT molecular complexity index is 884. The van der Waals surface area contributed by atoms with Crippen molar-refractivity contribution in [2.45, 2.75) is 27.2 Å². The molecule has 2 aromatic rings. The van der Waals surface area contributed by atoms with Gasteiger partial charge in [-0.1, -0.05) is 48.9 Å². The fraction of sp³-hybridized carbons (Fsp3) is 0.273. The number of hydrogen-bond donors (Lipinski definition) is 0. The van der Waals surface area contributed by atoms with Crippen LogP contribution in [0.5, 0.6) is 0 Å². The van der Waals surface area contributed by atoms with Gasteiger partial charge in [0.25, 0.3) is 11.8 Å². The highest BCUT2D eigenvalue weighted by molar-refractivity contribution is 6.36. The van der Waals surface area contributed by atoms with Crippen molar-refractivity contribution in [1.29, 1.82) is 0 Å². The van der Waals surface area contributed by atoms with Crippen LogP contribution in [0.15, 0.2) is 54.2 Å². The molecule has 0 unspecified atom stereocenters. The molecular weight excluding hydrogens is 324 g/mol. The molecule has 3 rings (SSSR count). The molecule has 0 aliphatic carbocycles. The molecule has 0 aromatic heterocycles. The summed E-state index contributed by atoms with van der Waals surface area (Å²) in [4.78, 5) is 29.4. The van der Waals surface area contributed by atoms with E-state index in [4.69, 9.17) is 0 Å². The number of carbonyl (C=O) groups is 2. The van der Waals surface area contributed by atoms with E-state index in [-0.39, 0.29) is 11.8 Å². The zero-order valence-electron chi connectivity index (χ0n) is 15.7. The summed E-state index contributed by atoms with van der Waals surface area (Å²) in [6.07, 6.45) is 0.736. The van der Waals surface area contributed by atoms with E-state index in [9.17, 15) is 9.59 Å². The molecule has 2 amide bonds. The van der Waals surface area contributed by atoms with Crippen LogP contribution in [0.1, 0.15) is 30.0 Å². The number of nitrogens with zero attached hydrogens (tertiary/aromatic N) is 2. The van der Waals surface area contributed by atoms with Gasteiger partial charge in [-0.2, -0.15) is 0 Å². The third kappa shape index (κ3) is 3.03. The molecular formula is C22H24N2O2. The first-order valence-corrected chi connectivity index (χ1v) is 8.92. The summed E-state index contributed by atoms with van der Waals surface area (Å²) in [5.41, 5.74) is 4.77.